The number of aliphatic hydroxyl groups is 1. The number of primary amides is 1. The summed E-state index contributed by atoms with van der Waals surface area (Å²) in [7, 11) is 2.21. The molecule has 0 spiro atoms. The molecule has 2 aliphatic carbocycles. The fraction of sp³-hybridized carbons (Fsp3) is 0.520. The Labute approximate surface area is 193 Å². The number of aliphatic carboxylic acids is 1. The second-order valence-corrected chi connectivity index (χ2v) is 9.98. The minimum Gasteiger partial charge on any atom is -0.550 e. The van der Waals surface area contributed by atoms with Crippen molar-refractivity contribution in [2.75, 3.05) is 13.6 Å². The molecule has 2 heterocycles. The highest BCUT2D eigenvalue weighted by molar-refractivity contribution is 5.96. The maximum atomic E-state index is 12.3. The van der Waals surface area contributed by atoms with Gasteiger partial charge in [0.05, 0.1) is 25.4 Å². The van der Waals surface area contributed by atoms with E-state index in [1.165, 1.54) is 0 Å². The molecular weight excluding hydrogens is 424 g/mol. The van der Waals surface area contributed by atoms with Gasteiger partial charge < -0.3 is 34.7 Å². The largest absolute Gasteiger partial charge is 0.550 e. The first-order chi connectivity index (χ1) is 15.5. The number of nitrogens with zero attached hydrogens (tertiary/aromatic N) is 1. The molecule has 1 aromatic carbocycles. The molecule has 1 unspecified atom stereocenters. The SMILES string of the molecule is CC(=O)[O-].C[N+]1(Cc2ccco2)CC[C@]23CCCC[C@@]2(O)[C@H]1Cc1ccc(C(N)=O)c(O)c13. The monoisotopic (exact) mass is 456 g/mol. The first kappa shape index (κ1) is 23.3. The van der Waals surface area contributed by atoms with Gasteiger partial charge in [0.2, 0.25) is 0 Å². The van der Waals surface area contributed by atoms with Crippen LogP contribution in [0.25, 0.3) is 0 Å². The van der Waals surface area contributed by atoms with Crippen molar-refractivity contribution in [3.05, 3.63) is 53.0 Å². The quantitative estimate of drug-likeness (QED) is 0.597. The third kappa shape index (κ3) is 3.61. The summed E-state index contributed by atoms with van der Waals surface area (Å²) in [4.78, 5) is 20.8. The Kier molecular flexibility index (Phi) is 5.78. The summed E-state index contributed by atoms with van der Waals surface area (Å²) >= 11 is 0. The zero-order chi connectivity index (χ0) is 24.0. The number of likely N-dealkylation sites (N-methyl/N-ethyl adjacent to an activating group) is 1. The number of phenols is 1. The smallest absolute Gasteiger partial charge is 0.252 e. The normalized spacial score (nSPS) is 32.0. The summed E-state index contributed by atoms with van der Waals surface area (Å²) in [6.07, 6.45) is 6.65. The maximum Gasteiger partial charge on any atom is 0.252 e. The van der Waals surface area contributed by atoms with E-state index in [0.29, 0.717) is 17.3 Å². The minimum atomic E-state index is -1.08. The summed E-state index contributed by atoms with van der Waals surface area (Å²) in [5, 5.41) is 32.2. The van der Waals surface area contributed by atoms with E-state index in [0.717, 1.165) is 62.6 Å². The third-order valence-electron chi connectivity index (χ3n) is 8.11. The van der Waals surface area contributed by atoms with E-state index < -0.39 is 22.9 Å². The first-order valence-corrected chi connectivity index (χ1v) is 11.5. The lowest BCUT2D eigenvalue weighted by Gasteiger charge is -2.65. The Bertz CT molecular complexity index is 1060. The van der Waals surface area contributed by atoms with E-state index in [4.69, 9.17) is 20.1 Å². The van der Waals surface area contributed by atoms with Gasteiger partial charge in [0.25, 0.3) is 5.91 Å². The number of piperidine rings is 1. The first-order valence-electron chi connectivity index (χ1n) is 11.5. The van der Waals surface area contributed by atoms with Crippen LogP contribution in [0.1, 0.15) is 66.3 Å². The number of quaternary nitrogens is 1. The topological polar surface area (TPSA) is 137 Å². The van der Waals surface area contributed by atoms with E-state index in [-0.39, 0.29) is 17.4 Å². The molecule has 4 N–H and O–H groups in total. The molecule has 1 aromatic heterocycles. The van der Waals surface area contributed by atoms with Gasteiger partial charge in [0.1, 0.15) is 23.9 Å². The van der Waals surface area contributed by atoms with Crippen molar-refractivity contribution in [3.63, 3.8) is 0 Å². The van der Waals surface area contributed by atoms with Crippen molar-refractivity contribution in [3.8, 4) is 5.75 Å². The van der Waals surface area contributed by atoms with Crippen LogP contribution in [0.3, 0.4) is 0 Å². The predicted octanol–water partition coefficient (Wildman–Crippen LogP) is 1.36. The number of hydrogen-bond acceptors (Lipinski definition) is 6. The summed E-state index contributed by atoms with van der Waals surface area (Å²) in [5.41, 5.74) is 6.03. The fourth-order valence-corrected chi connectivity index (χ4v) is 6.77. The standard InChI is InChI=1S/C23H28N2O4.C2H4O2/c1-25(14-16-5-4-12-29-16)11-10-22-8-2-3-9-23(22,28)18(25)13-15-6-7-17(21(24)27)20(26)19(15)22;1-2(3)4/h4-7,12,18,28H,2-3,8-11,13-14H2,1H3,(H2-,24,26,27);1H3,(H,3,4)/t18-,22+,23-,25?;/m1./s1. The number of aromatic hydroxyl groups is 1. The molecule has 8 nitrogen and oxygen atoms in total. The second-order valence-electron chi connectivity index (χ2n) is 9.98. The van der Waals surface area contributed by atoms with Crippen LogP contribution >= 0.6 is 0 Å². The van der Waals surface area contributed by atoms with Gasteiger partial charge >= 0.3 is 0 Å². The molecule has 1 amide bonds. The van der Waals surface area contributed by atoms with Crippen molar-refractivity contribution in [1.29, 1.82) is 0 Å². The number of amides is 1. The highest BCUT2D eigenvalue weighted by atomic mass is 16.4. The molecule has 3 aliphatic rings. The van der Waals surface area contributed by atoms with Gasteiger partial charge in [-0.05, 0) is 43.5 Å². The molecule has 2 bridgehead atoms. The second kappa shape index (κ2) is 8.18. The highest BCUT2D eigenvalue weighted by Crippen LogP contribution is 2.61. The molecule has 2 aromatic rings. The number of nitrogens with two attached hydrogens (primary N) is 1. The number of fused-ring (bicyclic) bond motifs is 1. The Hall–Kier alpha value is -2.84. The number of carboxylic acid groups (broad SMARTS) is 1. The highest BCUT2D eigenvalue weighted by Gasteiger charge is 2.68. The Morgan fingerprint density at radius 3 is 2.58 bits per heavy atom. The van der Waals surface area contributed by atoms with Crippen LogP contribution in [0.4, 0.5) is 0 Å². The van der Waals surface area contributed by atoms with Crippen molar-refractivity contribution in [2.24, 2.45) is 5.73 Å². The van der Waals surface area contributed by atoms with Gasteiger partial charge in [-0.2, -0.15) is 0 Å². The van der Waals surface area contributed by atoms with Crippen molar-refractivity contribution < 1.29 is 33.8 Å². The van der Waals surface area contributed by atoms with Crippen LogP contribution in [0.2, 0.25) is 0 Å². The number of likely N-dealkylation sites (tertiary alicyclic amines) is 1. The molecule has 8 heteroatoms. The number of furan rings is 1. The van der Waals surface area contributed by atoms with Gasteiger partial charge in [0, 0.05) is 29.8 Å². The lowest BCUT2D eigenvalue weighted by Crippen LogP contribution is -2.77. The number of carbonyl (C=O) groups excluding carboxylic acids is 2. The van der Waals surface area contributed by atoms with E-state index in [1.54, 1.807) is 12.3 Å². The van der Waals surface area contributed by atoms with Gasteiger partial charge in [-0.3, -0.25) is 4.79 Å². The lowest BCUT2D eigenvalue weighted by atomic mass is 9.48. The van der Waals surface area contributed by atoms with Crippen molar-refractivity contribution in [2.45, 2.75) is 69.1 Å². The Morgan fingerprint density at radius 1 is 1.24 bits per heavy atom. The molecule has 0 radical (unpaired) electrons. The summed E-state index contributed by atoms with van der Waals surface area (Å²) < 4.78 is 6.36. The summed E-state index contributed by atoms with van der Waals surface area (Å²) in [6, 6.07) is 7.48. The lowest BCUT2D eigenvalue weighted by molar-refractivity contribution is -0.962. The molecule has 2 fully saturated rings. The number of carboxylic acids is 1. The summed E-state index contributed by atoms with van der Waals surface area (Å²) in [6.45, 7) is 2.59. The van der Waals surface area contributed by atoms with Crippen molar-refractivity contribution in [1.82, 2.24) is 0 Å². The van der Waals surface area contributed by atoms with E-state index >= 15 is 0 Å². The molecule has 33 heavy (non-hydrogen) atoms. The fourth-order valence-electron chi connectivity index (χ4n) is 6.77. The third-order valence-corrected chi connectivity index (χ3v) is 8.11. The average Bonchev–Trinajstić information content (AvgIpc) is 3.23. The van der Waals surface area contributed by atoms with E-state index in [9.17, 15) is 15.0 Å². The zero-order valence-corrected chi connectivity index (χ0v) is 19.2. The Morgan fingerprint density at radius 2 is 1.94 bits per heavy atom. The maximum absolute atomic E-state index is 12.3. The molecule has 1 aliphatic heterocycles. The zero-order valence-electron chi connectivity index (χ0n) is 19.2. The van der Waals surface area contributed by atoms with Gasteiger partial charge in [-0.1, -0.05) is 18.9 Å². The summed E-state index contributed by atoms with van der Waals surface area (Å²) in [5.74, 6) is -0.800. The molecular formula is C25H32N2O6. The van der Waals surface area contributed by atoms with Crippen LogP contribution in [0, 0.1) is 0 Å². The van der Waals surface area contributed by atoms with Crippen molar-refractivity contribution >= 4 is 11.9 Å². The number of benzene rings is 1. The van der Waals surface area contributed by atoms with Crippen LogP contribution in [-0.4, -0.2) is 51.8 Å². The minimum absolute atomic E-state index is 0.00739. The van der Waals surface area contributed by atoms with E-state index in [2.05, 4.69) is 7.05 Å². The average molecular weight is 457 g/mol. The molecule has 5 rings (SSSR count). The predicted molar refractivity (Wildman–Crippen MR) is 118 cm³/mol. The van der Waals surface area contributed by atoms with Crippen LogP contribution in [0.15, 0.2) is 34.9 Å². The number of carbonyl (C=O) groups is 2. The van der Waals surface area contributed by atoms with Crippen LogP contribution in [-0.2, 0) is 23.2 Å². The molecule has 1 saturated carbocycles. The van der Waals surface area contributed by atoms with Gasteiger partial charge in [0.15, 0.2) is 5.76 Å². The van der Waals surface area contributed by atoms with Crippen LogP contribution in [0.5, 0.6) is 5.75 Å². The van der Waals surface area contributed by atoms with Gasteiger partial charge in [-0.15, -0.1) is 0 Å². The number of hydrogen-bond donors (Lipinski definition) is 3. The number of rotatable bonds is 3. The molecule has 1 saturated heterocycles. The Balaban J connectivity index is 0.000000601. The molecule has 178 valence electrons. The van der Waals surface area contributed by atoms with Crippen LogP contribution < -0.4 is 10.8 Å². The molecule has 4 atom stereocenters. The van der Waals surface area contributed by atoms with Gasteiger partial charge in [-0.25, -0.2) is 0 Å². The van der Waals surface area contributed by atoms with E-state index in [1.807, 2.05) is 18.2 Å².